The molecule has 2 heterocycles. The smallest absolute Gasteiger partial charge is 0.376 e. The van der Waals surface area contributed by atoms with Gasteiger partial charge in [0, 0.05) is 53.1 Å². The molecule has 9 aromatic rings. The summed E-state index contributed by atoms with van der Waals surface area (Å²) in [5.41, 5.74) is -1.74. The number of hydrogen-bond acceptors (Lipinski definition) is 6. The van der Waals surface area contributed by atoms with Gasteiger partial charge in [-0.05, 0) is 82.6 Å². The van der Waals surface area contributed by atoms with Gasteiger partial charge in [0.25, 0.3) is 0 Å². The van der Waals surface area contributed by atoms with Gasteiger partial charge in [-0.3, -0.25) is 0 Å². The SMILES string of the molecule is O=S(=O)(Oc1cc(N(c2ccccc2)c2ccc3ccccc3c2)c2sc3ccc(-c4ccc5sc6ccccc6c5c4)cc3c2c1)C(F)(F)F. The molecule has 250 valence electrons. The van der Waals surface area contributed by atoms with Crippen LogP contribution in [0, 0.1) is 0 Å². The largest absolute Gasteiger partial charge is 0.534 e. The lowest BCUT2D eigenvalue weighted by molar-refractivity contribution is -0.0500. The van der Waals surface area contributed by atoms with Gasteiger partial charge in [0.2, 0.25) is 0 Å². The summed E-state index contributed by atoms with van der Waals surface area (Å²) in [6.07, 6.45) is 0. The van der Waals surface area contributed by atoms with E-state index in [-0.39, 0.29) is 0 Å². The Kier molecular flexibility index (Phi) is 7.32. The van der Waals surface area contributed by atoms with Gasteiger partial charge in [0.05, 0.1) is 10.4 Å². The number of fused-ring (bicyclic) bond motifs is 7. The molecular weight excluding hydrogens is 708 g/mol. The molecule has 0 amide bonds. The maximum atomic E-state index is 13.7. The molecule has 4 nitrogen and oxygen atoms in total. The van der Waals surface area contributed by atoms with Crippen molar-refractivity contribution in [2.75, 3.05) is 4.90 Å². The zero-order valence-corrected chi connectivity index (χ0v) is 28.8. The second kappa shape index (κ2) is 11.8. The predicted octanol–water partition coefficient (Wildman–Crippen LogP) is 12.9. The van der Waals surface area contributed by atoms with Gasteiger partial charge in [0.1, 0.15) is 5.75 Å². The highest BCUT2D eigenvalue weighted by atomic mass is 32.2. The first-order valence-corrected chi connectivity index (χ1v) is 18.9. The monoisotopic (exact) mass is 731 g/mol. The lowest BCUT2D eigenvalue weighted by atomic mass is 10.0. The molecule has 0 aliphatic heterocycles. The molecule has 9 rings (SSSR count). The summed E-state index contributed by atoms with van der Waals surface area (Å²) in [4.78, 5) is 1.92. The quantitative estimate of drug-likeness (QED) is 0.126. The number of benzene rings is 7. The van der Waals surface area contributed by atoms with Crippen LogP contribution in [0.1, 0.15) is 0 Å². The molecule has 0 saturated heterocycles. The van der Waals surface area contributed by atoms with E-state index < -0.39 is 21.4 Å². The van der Waals surface area contributed by atoms with Crippen molar-refractivity contribution in [3.8, 4) is 16.9 Å². The van der Waals surface area contributed by atoms with Gasteiger partial charge in [0.15, 0.2) is 0 Å². The van der Waals surface area contributed by atoms with E-state index in [2.05, 4.69) is 30.3 Å². The van der Waals surface area contributed by atoms with Crippen LogP contribution in [-0.2, 0) is 10.1 Å². The van der Waals surface area contributed by atoms with Crippen molar-refractivity contribution in [1.82, 2.24) is 0 Å². The second-order valence-electron chi connectivity index (χ2n) is 12.1. The average molecular weight is 732 g/mol. The minimum absolute atomic E-state index is 0.437. The summed E-state index contributed by atoms with van der Waals surface area (Å²) < 4.78 is 74.6. The molecule has 10 heteroatoms. The number of alkyl halides is 3. The van der Waals surface area contributed by atoms with Gasteiger partial charge in [-0.2, -0.15) is 21.6 Å². The second-order valence-corrected chi connectivity index (χ2v) is 15.8. The average Bonchev–Trinajstić information content (AvgIpc) is 3.69. The number of halogens is 3. The number of anilines is 3. The molecule has 0 aliphatic carbocycles. The highest BCUT2D eigenvalue weighted by Crippen LogP contribution is 2.48. The van der Waals surface area contributed by atoms with Crippen LogP contribution in [0.5, 0.6) is 5.75 Å². The van der Waals surface area contributed by atoms with Crippen molar-refractivity contribution in [3.63, 3.8) is 0 Å². The molecule has 0 bridgehead atoms. The fraction of sp³-hybridized carbons (Fsp3) is 0.0244. The number of hydrogen-bond donors (Lipinski definition) is 0. The van der Waals surface area contributed by atoms with Crippen LogP contribution >= 0.6 is 22.7 Å². The Morgan fingerprint density at radius 2 is 1.16 bits per heavy atom. The summed E-state index contributed by atoms with van der Waals surface area (Å²) >= 11 is 3.22. The first-order chi connectivity index (χ1) is 24.6. The van der Waals surface area contributed by atoms with Crippen LogP contribution in [0.4, 0.5) is 30.2 Å². The molecule has 0 atom stereocenters. The lowest BCUT2D eigenvalue weighted by Crippen LogP contribution is -2.28. The molecule has 7 aromatic carbocycles. The van der Waals surface area contributed by atoms with Crippen molar-refractivity contribution in [2.24, 2.45) is 0 Å². The third-order valence-electron chi connectivity index (χ3n) is 8.97. The fourth-order valence-corrected chi connectivity index (χ4v) is 9.33. The van der Waals surface area contributed by atoms with E-state index in [1.165, 1.54) is 38.3 Å². The van der Waals surface area contributed by atoms with E-state index in [1.54, 1.807) is 11.3 Å². The number of nitrogens with zero attached hydrogens (tertiary/aromatic N) is 1. The van der Waals surface area contributed by atoms with Crippen molar-refractivity contribution in [3.05, 3.63) is 146 Å². The Hall–Kier alpha value is -5.42. The number of para-hydroxylation sites is 1. The van der Waals surface area contributed by atoms with Crippen molar-refractivity contribution in [2.45, 2.75) is 5.51 Å². The zero-order chi connectivity index (χ0) is 34.9. The molecule has 51 heavy (non-hydrogen) atoms. The summed E-state index contributed by atoms with van der Waals surface area (Å²) in [5.74, 6) is -0.437. The Bertz CT molecular complexity index is 2920. The van der Waals surface area contributed by atoms with Crippen LogP contribution in [0.25, 0.3) is 62.2 Å². The van der Waals surface area contributed by atoms with Gasteiger partial charge in [-0.25, -0.2) is 0 Å². The van der Waals surface area contributed by atoms with E-state index in [4.69, 9.17) is 4.18 Å². The highest BCUT2D eigenvalue weighted by Gasteiger charge is 2.48. The molecule has 0 spiro atoms. The number of thiophene rings is 2. The standard InChI is InChI=1S/C41H24F3NO3S3/c42-41(43,44)51(46,47)48-31-23-35-34-22-28(27-15-18-38-33(21-27)32-12-6-7-13-37(32)49-38)16-19-39(34)50-40(35)36(24-31)45(29-10-2-1-3-11-29)30-17-14-25-8-4-5-9-26(25)20-30/h1-24H. The van der Waals surface area contributed by atoms with Gasteiger partial charge in [-0.15, -0.1) is 22.7 Å². The van der Waals surface area contributed by atoms with E-state index in [9.17, 15) is 21.6 Å². The Morgan fingerprint density at radius 3 is 1.90 bits per heavy atom. The van der Waals surface area contributed by atoms with E-state index >= 15 is 0 Å². The molecule has 0 aliphatic rings. The van der Waals surface area contributed by atoms with Crippen molar-refractivity contribution < 1.29 is 25.8 Å². The van der Waals surface area contributed by atoms with Crippen molar-refractivity contribution >= 4 is 101 Å². The van der Waals surface area contributed by atoms with E-state index in [1.807, 2.05) is 108 Å². The third-order valence-corrected chi connectivity index (χ3v) is 12.3. The lowest BCUT2D eigenvalue weighted by Gasteiger charge is -2.27. The van der Waals surface area contributed by atoms with E-state index in [0.29, 0.717) is 11.1 Å². The maximum absolute atomic E-state index is 13.7. The summed E-state index contributed by atoms with van der Waals surface area (Å²) in [7, 11) is -5.95. The van der Waals surface area contributed by atoms with E-state index in [0.717, 1.165) is 53.4 Å². The van der Waals surface area contributed by atoms with Crippen LogP contribution in [0.3, 0.4) is 0 Å². The van der Waals surface area contributed by atoms with Gasteiger partial charge in [-0.1, -0.05) is 78.9 Å². The van der Waals surface area contributed by atoms with Gasteiger partial charge < -0.3 is 9.08 Å². The first-order valence-electron chi connectivity index (χ1n) is 15.9. The van der Waals surface area contributed by atoms with Crippen LogP contribution < -0.4 is 9.08 Å². The van der Waals surface area contributed by atoms with Crippen molar-refractivity contribution in [1.29, 1.82) is 0 Å². The summed E-state index contributed by atoms with van der Waals surface area (Å²) in [6, 6.07) is 46.7. The molecule has 0 N–H and O–H groups in total. The van der Waals surface area contributed by atoms with Crippen LogP contribution in [0.15, 0.2) is 146 Å². The predicted molar refractivity (Wildman–Crippen MR) is 205 cm³/mol. The van der Waals surface area contributed by atoms with Gasteiger partial charge >= 0.3 is 15.6 Å². The Balaban J connectivity index is 1.29. The highest BCUT2D eigenvalue weighted by molar-refractivity contribution is 7.88. The summed E-state index contributed by atoms with van der Waals surface area (Å²) in [5, 5.41) is 5.66. The Morgan fingerprint density at radius 1 is 0.529 bits per heavy atom. The maximum Gasteiger partial charge on any atom is 0.534 e. The molecule has 2 aromatic heterocycles. The summed E-state index contributed by atoms with van der Waals surface area (Å²) in [6.45, 7) is 0. The molecule has 0 saturated carbocycles. The normalized spacial score (nSPS) is 12.4. The number of rotatable bonds is 6. The molecule has 0 fully saturated rings. The third kappa shape index (κ3) is 5.47. The Labute approximate surface area is 298 Å². The fourth-order valence-electron chi connectivity index (χ4n) is 6.63. The molecule has 0 radical (unpaired) electrons. The first kappa shape index (κ1) is 31.6. The minimum atomic E-state index is -5.95. The minimum Gasteiger partial charge on any atom is -0.376 e. The topological polar surface area (TPSA) is 46.6 Å². The zero-order valence-electron chi connectivity index (χ0n) is 26.4. The van der Waals surface area contributed by atoms with Crippen LogP contribution in [0.2, 0.25) is 0 Å². The molecule has 0 unspecified atom stereocenters. The van der Waals surface area contributed by atoms with Crippen LogP contribution in [-0.4, -0.2) is 13.9 Å². The molecular formula is C41H24F3NO3S3.